The van der Waals surface area contributed by atoms with Crippen LogP contribution in [0.15, 0.2) is 87.8 Å². The predicted octanol–water partition coefficient (Wildman–Crippen LogP) is 5.26. The monoisotopic (exact) mass is 526 g/mol. The summed E-state index contributed by atoms with van der Waals surface area (Å²) in [7, 11) is 0. The summed E-state index contributed by atoms with van der Waals surface area (Å²) in [4.78, 5) is 34.1. The maximum absolute atomic E-state index is 13.5. The number of hydrogen-bond donors (Lipinski definition) is 0. The van der Waals surface area contributed by atoms with Crippen molar-refractivity contribution in [2.24, 2.45) is 5.92 Å². The molecule has 0 radical (unpaired) electrons. The molecule has 2 aliphatic heterocycles. The van der Waals surface area contributed by atoms with Gasteiger partial charge in [0.05, 0.1) is 17.4 Å². The molecule has 7 heteroatoms. The summed E-state index contributed by atoms with van der Waals surface area (Å²) < 4.78 is 1.82. The minimum atomic E-state index is -0.866. The van der Waals surface area contributed by atoms with Gasteiger partial charge in [0.2, 0.25) is 5.91 Å². The topological polar surface area (TPSA) is 49.9 Å². The lowest BCUT2D eigenvalue weighted by Crippen LogP contribution is -2.37. The number of hydrogen-bond acceptors (Lipinski definition) is 4. The molecular weight excluding hydrogens is 512 g/mol. The number of benzene rings is 3. The quantitative estimate of drug-likeness (QED) is 0.436. The van der Waals surface area contributed by atoms with E-state index in [2.05, 4.69) is 31.9 Å². The molecule has 3 atom stereocenters. The first kappa shape index (κ1) is 19.5. The number of carbonyl (C=O) groups is 2. The first-order chi connectivity index (χ1) is 14.5. The van der Waals surface area contributed by atoms with E-state index in [0.717, 1.165) is 20.2 Å². The van der Waals surface area contributed by atoms with Crippen molar-refractivity contribution in [1.29, 1.82) is 0 Å². The van der Waals surface area contributed by atoms with E-state index in [9.17, 15) is 9.59 Å². The Bertz CT molecular complexity index is 1100. The minimum Gasteiger partial charge on any atom is -0.273 e. The standard InChI is InChI=1S/C23H16Br2N2O3/c24-15-8-6-14(7-9-15)20-19-21(30-27(20)18-4-2-1-3-5-18)23(29)26(22(19)28)17-12-10-16(25)11-13-17/h1-13,19-21H/t19-,20-,21-/m1/s1. The van der Waals surface area contributed by atoms with Crippen molar-refractivity contribution in [2.45, 2.75) is 12.1 Å². The lowest BCUT2D eigenvalue weighted by molar-refractivity contribution is -0.126. The van der Waals surface area contributed by atoms with E-state index >= 15 is 0 Å². The van der Waals surface area contributed by atoms with E-state index in [1.807, 2.05) is 66.7 Å². The van der Waals surface area contributed by atoms with Gasteiger partial charge in [0.25, 0.3) is 5.91 Å². The Hall–Kier alpha value is -2.48. The molecule has 2 saturated heterocycles. The first-order valence-corrected chi connectivity index (χ1v) is 11.0. The fourth-order valence-electron chi connectivity index (χ4n) is 4.06. The Morgan fingerprint density at radius 2 is 1.30 bits per heavy atom. The number of fused-ring (bicyclic) bond motifs is 1. The van der Waals surface area contributed by atoms with Crippen LogP contribution in [0.2, 0.25) is 0 Å². The Labute approximate surface area is 190 Å². The van der Waals surface area contributed by atoms with Crippen LogP contribution in [0.3, 0.4) is 0 Å². The van der Waals surface area contributed by atoms with E-state index in [1.165, 1.54) is 4.90 Å². The highest BCUT2D eigenvalue weighted by molar-refractivity contribution is 9.10. The molecule has 0 N–H and O–H groups in total. The second-order valence-electron chi connectivity index (χ2n) is 7.20. The summed E-state index contributed by atoms with van der Waals surface area (Å²) in [5.74, 6) is -1.23. The zero-order valence-corrected chi connectivity index (χ0v) is 18.8. The maximum atomic E-state index is 13.5. The third-order valence-electron chi connectivity index (χ3n) is 5.42. The van der Waals surface area contributed by atoms with Gasteiger partial charge in [-0.3, -0.25) is 14.4 Å². The fourth-order valence-corrected chi connectivity index (χ4v) is 4.59. The molecule has 2 aliphatic rings. The number of imide groups is 1. The van der Waals surface area contributed by atoms with Gasteiger partial charge in [0, 0.05) is 8.95 Å². The van der Waals surface area contributed by atoms with Crippen LogP contribution >= 0.6 is 31.9 Å². The van der Waals surface area contributed by atoms with Crippen LogP contribution in [0, 0.1) is 5.92 Å². The van der Waals surface area contributed by atoms with Gasteiger partial charge in [0.1, 0.15) is 5.92 Å². The molecule has 0 saturated carbocycles. The molecule has 150 valence electrons. The lowest BCUT2D eigenvalue weighted by Gasteiger charge is -2.28. The SMILES string of the molecule is O=C1[C@@H]2[C@@H](c3ccc(Br)cc3)N(c3ccccc3)O[C@H]2C(=O)N1c1ccc(Br)cc1. The summed E-state index contributed by atoms with van der Waals surface area (Å²) in [5, 5.41) is 1.70. The van der Waals surface area contributed by atoms with Crippen molar-refractivity contribution >= 4 is 55.0 Å². The number of carbonyl (C=O) groups excluding carboxylic acids is 2. The van der Waals surface area contributed by atoms with Gasteiger partial charge in [-0.15, -0.1) is 0 Å². The molecule has 2 heterocycles. The van der Waals surface area contributed by atoms with Crippen molar-refractivity contribution in [3.63, 3.8) is 0 Å². The molecule has 5 nitrogen and oxygen atoms in total. The molecule has 5 rings (SSSR count). The number of anilines is 2. The number of halogens is 2. The van der Waals surface area contributed by atoms with Crippen LogP contribution in [0.25, 0.3) is 0 Å². The van der Waals surface area contributed by atoms with Gasteiger partial charge < -0.3 is 0 Å². The summed E-state index contributed by atoms with van der Waals surface area (Å²) in [6, 6.07) is 24.0. The smallest absolute Gasteiger partial charge is 0.266 e. The third kappa shape index (κ3) is 3.17. The van der Waals surface area contributed by atoms with Crippen molar-refractivity contribution in [3.8, 4) is 0 Å². The number of para-hydroxylation sites is 1. The second kappa shape index (κ2) is 7.65. The van der Waals surface area contributed by atoms with Crippen molar-refractivity contribution in [3.05, 3.63) is 93.4 Å². The van der Waals surface area contributed by atoms with Crippen LogP contribution < -0.4 is 9.96 Å². The largest absolute Gasteiger partial charge is 0.273 e. The van der Waals surface area contributed by atoms with Crippen molar-refractivity contribution in [1.82, 2.24) is 0 Å². The van der Waals surface area contributed by atoms with Crippen LogP contribution in [-0.2, 0) is 14.4 Å². The van der Waals surface area contributed by atoms with Crippen LogP contribution in [0.4, 0.5) is 11.4 Å². The summed E-state index contributed by atoms with van der Waals surface area (Å²) in [5.41, 5.74) is 2.26. The molecule has 3 aromatic rings. The van der Waals surface area contributed by atoms with E-state index in [1.54, 1.807) is 17.2 Å². The minimum absolute atomic E-state index is 0.251. The van der Waals surface area contributed by atoms with E-state index in [0.29, 0.717) is 5.69 Å². The number of hydroxylamine groups is 1. The molecule has 30 heavy (non-hydrogen) atoms. The van der Waals surface area contributed by atoms with Gasteiger partial charge in [0.15, 0.2) is 6.10 Å². The molecule has 0 spiro atoms. The van der Waals surface area contributed by atoms with Crippen molar-refractivity contribution < 1.29 is 14.4 Å². The average Bonchev–Trinajstić information content (AvgIpc) is 3.27. The molecule has 2 amide bonds. The van der Waals surface area contributed by atoms with Crippen LogP contribution in [-0.4, -0.2) is 17.9 Å². The zero-order valence-electron chi connectivity index (χ0n) is 15.6. The first-order valence-electron chi connectivity index (χ1n) is 9.44. The van der Waals surface area contributed by atoms with Gasteiger partial charge in [-0.1, -0.05) is 62.2 Å². The Morgan fingerprint density at radius 3 is 1.93 bits per heavy atom. The number of nitrogens with zero attached hydrogens (tertiary/aromatic N) is 2. The summed E-state index contributed by atoms with van der Waals surface area (Å²) in [6.45, 7) is 0. The van der Waals surface area contributed by atoms with E-state index in [-0.39, 0.29) is 11.8 Å². The fraction of sp³-hybridized carbons (Fsp3) is 0.130. The van der Waals surface area contributed by atoms with Gasteiger partial charge in [-0.2, -0.15) is 0 Å². The van der Waals surface area contributed by atoms with Gasteiger partial charge in [-0.05, 0) is 54.1 Å². The summed E-state index contributed by atoms with van der Waals surface area (Å²) in [6.07, 6.45) is -0.866. The third-order valence-corrected chi connectivity index (χ3v) is 6.48. The Kier molecular flexibility index (Phi) is 4.97. The maximum Gasteiger partial charge on any atom is 0.266 e. The molecule has 0 aromatic heterocycles. The molecule has 2 fully saturated rings. The van der Waals surface area contributed by atoms with Crippen LogP contribution in [0.1, 0.15) is 11.6 Å². The Morgan fingerprint density at radius 1 is 0.700 bits per heavy atom. The van der Waals surface area contributed by atoms with E-state index in [4.69, 9.17) is 4.84 Å². The lowest BCUT2D eigenvalue weighted by atomic mass is 9.90. The van der Waals surface area contributed by atoms with Crippen molar-refractivity contribution in [2.75, 3.05) is 9.96 Å². The summed E-state index contributed by atoms with van der Waals surface area (Å²) >= 11 is 6.85. The normalized spacial score (nSPS) is 23.2. The molecule has 0 aliphatic carbocycles. The van der Waals surface area contributed by atoms with Crippen LogP contribution in [0.5, 0.6) is 0 Å². The van der Waals surface area contributed by atoms with Gasteiger partial charge in [-0.25, -0.2) is 9.96 Å². The second-order valence-corrected chi connectivity index (χ2v) is 9.03. The zero-order chi connectivity index (χ0) is 20.8. The Balaban J connectivity index is 1.58. The highest BCUT2D eigenvalue weighted by atomic mass is 79.9. The highest BCUT2D eigenvalue weighted by Gasteiger charge is 2.60. The highest BCUT2D eigenvalue weighted by Crippen LogP contribution is 2.47. The average molecular weight is 528 g/mol. The molecular formula is C23H16Br2N2O3. The number of rotatable bonds is 3. The molecule has 0 unspecified atom stereocenters. The predicted molar refractivity (Wildman–Crippen MR) is 121 cm³/mol. The van der Waals surface area contributed by atoms with Gasteiger partial charge >= 0.3 is 0 Å². The van der Waals surface area contributed by atoms with E-state index < -0.39 is 18.1 Å². The molecule has 3 aromatic carbocycles. The molecule has 0 bridgehead atoms. The number of amides is 2.